The van der Waals surface area contributed by atoms with Crippen LogP contribution in [0.1, 0.15) is 27.2 Å². The van der Waals surface area contributed by atoms with Crippen LogP contribution in [0.3, 0.4) is 0 Å². The Balaban J connectivity index is 2.31. The normalized spacial score (nSPS) is 41.8. The zero-order chi connectivity index (χ0) is 13.3. The van der Waals surface area contributed by atoms with Crippen molar-refractivity contribution in [2.75, 3.05) is 0 Å². The SMILES string of the molecule is CC[C@H]1OC(C=O)[C@H](N=[N+]=[N-])[C@H]2OC(C)(C)O[C@H]21. The van der Waals surface area contributed by atoms with E-state index in [1.54, 1.807) is 13.8 Å². The molecule has 0 amide bonds. The molecule has 2 heterocycles. The Labute approximate surface area is 105 Å². The molecule has 0 aromatic heterocycles. The van der Waals surface area contributed by atoms with Gasteiger partial charge < -0.3 is 19.0 Å². The summed E-state index contributed by atoms with van der Waals surface area (Å²) in [6, 6.07) is -0.679. The molecular formula is C11H17N3O4. The van der Waals surface area contributed by atoms with Gasteiger partial charge in [0.05, 0.1) is 12.1 Å². The summed E-state index contributed by atoms with van der Waals surface area (Å²) in [5.41, 5.74) is 8.60. The third-order valence-electron chi connectivity index (χ3n) is 3.26. The first kappa shape index (κ1) is 13.3. The molecule has 18 heavy (non-hydrogen) atoms. The molecule has 0 aliphatic carbocycles. The smallest absolute Gasteiger partial charge is 0.163 e. The van der Waals surface area contributed by atoms with Crippen LogP contribution >= 0.6 is 0 Å². The second-order valence-corrected chi connectivity index (χ2v) is 4.94. The zero-order valence-electron chi connectivity index (χ0n) is 10.6. The lowest BCUT2D eigenvalue weighted by Gasteiger charge is -2.38. The van der Waals surface area contributed by atoms with Gasteiger partial charge in [-0.25, -0.2) is 0 Å². The Morgan fingerprint density at radius 1 is 1.39 bits per heavy atom. The van der Waals surface area contributed by atoms with Crippen molar-refractivity contribution in [1.82, 2.24) is 0 Å². The maximum absolute atomic E-state index is 11.1. The number of carbonyl (C=O) groups is 1. The fourth-order valence-electron chi connectivity index (χ4n) is 2.55. The van der Waals surface area contributed by atoms with Crippen LogP contribution in [0.4, 0.5) is 0 Å². The Morgan fingerprint density at radius 3 is 2.61 bits per heavy atom. The molecule has 0 saturated carbocycles. The van der Waals surface area contributed by atoms with Crippen molar-refractivity contribution < 1.29 is 19.0 Å². The largest absolute Gasteiger partial charge is 0.364 e. The van der Waals surface area contributed by atoms with Gasteiger partial charge in [0.25, 0.3) is 0 Å². The molecule has 0 N–H and O–H groups in total. The molecule has 7 nitrogen and oxygen atoms in total. The number of carbonyl (C=O) groups excluding carboxylic acids is 1. The van der Waals surface area contributed by atoms with E-state index in [9.17, 15) is 4.79 Å². The molecule has 2 rings (SSSR count). The van der Waals surface area contributed by atoms with Gasteiger partial charge in [-0.05, 0) is 25.8 Å². The highest BCUT2D eigenvalue weighted by Gasteiger charge is 2.54. The number of hydrogen-bond acceptors (Lipinski definition) is 5. The van der Waals surface area contributed by atoms with Crippen molar-refractivity contribution >= 4 is 6.29 Å². The summed E-state index contributed by atoms with van der Waals surface area (Å²) in [6.45, 7) is 5.54. The standard InChI is InChI=1S/C11H17N3O4/c1-4-6-9-10(18-11(2,3)17-9)8(13-14-12)7(5-15)16-6/h5-10H,4H2,1-3H3/t6-,7?,8+,9+,10-/m1/s1. The maximum Gasteiger partial charge on any atom is 0.163 e. The van der Waals surface area contributed by atoms with Crippen LogP contribution in [-0.4, -0.2) is 42.5 Å². The predicted molar refractivity (Wildman–Crippen MR) is 61.8 cm³/mol. The van der Waals surface area contributed by atoms with Crippen molar-refractivity contribution in [3.05, 3.63) is 10.4 Å². The average Bonchev–Trinajstić information content (AvgIpc) is 2.65. The highest BCUT2D eigenvalue weighted by Crippen LogP contribution is 2.39. The minimum absolute atomic E-state index is 0.225. The van der Waals surface area contributed by atoms with Crippen molar-refractivity contribution in [1.29, 1.82) is 0 Å². The van der Waals surface area contributed by atoms with Gasteiger partial charge >= 0.3 is 0 Å². The quantitative estimate of drug-likeness (QED) is 0.331. The van der Waals surface area contributed by atoms with Crippen LogP contribution in [0.15, 0.2) is 5.11 Å². The average molecular weight is 255 g/mol. The van der Waals surface area contributed by atoms with E-state index < -0.39 is 24.0 Å². The van der Waals surface area contributed by atoms with Crippen molar-refractivity contribution in [2.45, 2.75) is 63.4 Å². The third kappa shape index (κ3) is 2.22. The molecule has 2 saturated heterocycles. The highest BCUT2D eigenvalue weighted by molar-refractivity contribution is 5.58. The van der Waals surface area contributed by atoms with Gasteiger partial charge in [-0.3, -0.25) is 0 Å². The zero-order valence-corrected chi connectivity index (χ0v) is 10.6. The van der Waals surface area contributed by atoms with Crippen molar-refractivity contribution in [2.24, 2.45) is 5.11 Å². The van der Waals surface area contributed by atoms with E-state index in [4.69, 9.17) is 19.7 Å². The molecule has 0 radical (unpaired) electrons. The van der Waals surface area contributed by atoms with E-state index in [1.807, 2.05) is 6.92 Å². The molecule has 7 heteroatoms. The molecule has 0 aromatic rings. The van der Waals surface area contributed by atoms with Gasteiger partial charge in [0, 0.05) is 4.91 Å². The van der Waals surface area contributed by atoms with E-state index >= 15 is 0 Å². The Hall–Kier alpha value is -1.14. The van der Waals surface area contributed by atoms with Gasteiger partial charge in [-0.2, -0.15) is 0 Å². The summed E-state index contributed by atoms with van der Waals surface area (Å²) in [6.07, 6.45) is -0.385. The molecule has 100 valence electrons. The van der Waals surface area contributed by atoms with Gasteiger partial charge in [-0.1, -0.05) is 12.0 Å². The number of hydrogen-bond donors (Lipinski definition) is 0. The van der Waals surface area contributed by atoms with Gasteiger partial charge in [0.15, 0.2) is 5.79 Å². The third-order valence-corrected chi connectivity index (χ3v) is 3.26. The summed E-state index contributed by atoms with van der Waals surface area (Å²) < 4.78 is 17.2. The summed E-state index contributed by atoms with van der Waals surface area (Å²) in [5.74, 6) is -0.757. The topological polar surface area (TPSA) is 93.5 Å². The van der Waals surface area contributed by atoms with E-state index in [1.165, 1.54) is 0 Å². The number of fused-ring (bicyclic) bond motifs is 1. The lowest BCUT2D eigenvalue weighted by Crippen LogP contribution is -2.55. The first-order chi connectivity index (χ1) is 8.52. The highest BCUT2D eigenvalue weighted by atomic mass is 16.8. The van der Waals surface area contributed by atoms with Gasteiger partial charge in [0.2, 0.25) is 0 Å². The molecule has 0 aromatic carbocycles. The number of ether oxygens (including phenoxy) is 3. The van der Waals surface area contributed by atoms with Gasteiger partial charge in [0.1, 0.15) is 24.6 Å². The molecule has 2 aliphatic heterocycles. The van der Waals surface area contributed by atoms with E-state index in [2.05, 4.69) is 10.0 Å². The molecular weight excluding hydrogens is 238 g/mol. The fraction of sp³-hybridized carbons (Fsp3) is 0.909. The first-order valence-corrected chi connectivity index (χ1v) is 6.03. The Kier molecular flexibility index (Phi) is 3.59. The molecule has 5 atom stereocenters. The maximum atomic E-state index is 11.1. The lowest BCUT2D eigenvalue weighted by atomic mass is 9.93. The molecule has 1 unspecified atom stereocenters. The van der Waals surface area contributed by atoms with Crippen LogP contribution in [0.5, 0.6) is 0 Å². The van der Waals surface area contributed by atoms with Crippen molar-refractivity contribution in [3.8, 4) is 0 Å². The minimum atomic E-state index is -0.774. The van der Waals surface area contributed by atoms with Crippen LogP contribution in [0.2, 0.25) is 0 Å². The summed E-state index contributed by atoms with van der Waals surface area (Å²) in [5, 5.41) is 3.63. The van der Waals surface area contributed by atoms with E-state index in [0.29, 0.717) is 12.7 Å². The molecule has 0 spiro atoms. The number of azide groups is 1. The Bertz CT molecular complexity index is 380. The Morgan fingerprint density at radius 2 is 2.06 bits per heavy atom. The second kappa shape index (κ2) is 4.85. The summed E-state index contributed by atoms with van der Waals surface area (Å²) in [4.78, 5) is 13.8. The fourth-order valence-corrected chi connectivity index (χ4v) is 2.55. The number of nitrogens with zero attached hydrogens (tertiary/aromatic N) is 3. The lowest BCUT2D eigenvalue weighted by molar-refractivity contribution is -0.161. The second-order valence-electron chi connectivity index (χ2n) is 4.94. The molecule has 2 fully saturated rings. The van der Waals surface area contributed by atoms with Crippen LogP contribution in [0.25, 0.3) is 10.4 Å². The predicted octanol–water partition coefficient (Wildman–Crippen LogP) is 1.56. The van der Waals surface area contributed by atoms with Crippen LogP contribution in [0, 0.1) is 0 Å². The monoisotopic (exact) mass is 255 g/mol. The molecule has 0 bridgehead atoms. The summed E-state index contributed by atoms with van der Waals surface area (Å²) in [7, 11) is 0. The number of rotatable bonds is 3. The first-order valence-electron chi connectivity index (χ1n) is 6.03. The van der Waals surface area contributed by atoms with Gasteiger partial charge in [-0.15, -0.1) is 0 Å². The number of aldehydes is 1. The summed E-state index contributed by atoms with van der Waals surface area (Å²) >= 11 is 0. The molecule has 2 aliphatic rings. The van der Waals surface area contributed by atoms with Crippen molar-refractivity contribution in [3.63, 3.8) is 0 Å². The van der Waals surface area contributed by atoms with Crippen LogP contribution < -0.4 is 0 Å². The van der Waals surface area contributed by atoms with E-state index in [-0.39, 0.29) is 12.2 Å². The van der Waals surface area contributed by atoms with E-state index in [0.717, 1.165) is 0 Å². The minimum Gasteiger partial charge on any atom is -0.364 e. The van der Waals surface area contributed by atoms with Crippen LogP contribution in [-0.2, 0) is 19.0 Å².